The lowest BCUT2D eigenvalue weighted by Crippen LogP contribution is -2.50. The zero-order valence-corrected chi connectivity index (χ0v) is 19.0. The fraction of sp³-hybridized carbons (Fsp3) is 0.579. The molecule has 32 heavy (non-hydrogen) atoms. The van der Waals surface area contributed by atoms with E-state index < -0.39 is 80.1 Å². The maximum Gasteiger partial charge on any atom is 0.338 e. The SMILES string of the molecule is Cc1cc(C)c(C)c(C(=O)OC2C3OS(=O)(=O)C4C3OC2C4C(=O)OCCS(=O)(=O)O)c1. The summed E-state index contributed by atoms with van der Waals surface area (Å²) in [6.07, 6.45) is -4.43. The average Bonchev–Trinajstić information content (AvgIpc) is 3.26. The van der Waals surface area contributed by atoms with Crippen molar-refractivity contribution in [1.29, 1.82) is 0 Å². The molecule has 1 N–H and O–H groups in total. The van der Waals surface area contributed by atoms with Crippen LogP contribution < -0.4 is 0 Å². The van der Waals surface area contributed by atoms with Gasteiger partial charge >= 0.3 is 11.9 Å². The Morgan fingerprint density at radius 3 is 2.47 bits per heavy atom. The van der Waals surface area contributed by atoms with Crippen molar-refractivity contribution >= 4 is 32.2 Å². The summed E-state index contributed by atoms with van der Waals surface area (Å²) in [6.45, 7) is 4.74. The van der Waals surface area contributed by atoms with Gasteiger partial charge in [-0.15, -0.1) is 0 Å². The molecule has 13 heteroatoms. The molecule has 0 aromatic heterocycles. The fourth-order valence-corrected chi connectivity index (χ4v) is 6.64. The first-order valence-electron chi connectivity index (χ1n) is 9.78. The first-order valence-corrected chi connectivity index (χ1v) is 12.9. The van der Waals surface area contributed by atoms with Crippen molar-refractivity contribution in [2.24, 2.45) is 5.92 Å². The summed E-state index contributed by atoms with van der Waals surface area (Å²) in [4.78, 5) is 25.5. The second kappa shape index (κ2) is 7.76. The third-order valence-electron chi connectivity index (χ3n) is 6.03. The van der Waals surface area contributed by atoms with E-state index in [-0.39, 0.29) is 0 Å². The number of hydrogen-bond acceptors (Lipinski definition) is 10. The number of rotatable bonds is 6. The van der Waals surface area contributed by atoms with Gasteiger partial charge in [-0.05, 0) is 43.5 Å². The van der Waals surface area contributed by atoms with Gasteiger partial charge in [0, 0.05) is 0 Å². The molecule has 6 unspecified atom stereocenters. The van der Waals surface area contributed by atoms with Crippen LogP contribution in [-0.2, 0) is 43.4 Å². The molecule has 0 radical (unpaired) electrons. The highest BCUT2D eigenvalue weighted by atomic mass is 32.2. The Morgan fingerprint density at radius 2 is 1.81 bits per heavy atom. The third kappa shape index (κ3) is 3.92. The molecule has 3 saturated heterocycles. The van der Waals surface area contributed by atoms with Crippen LogP contribution in [0.25, 0.3) is 0 Å². The van der Waals surface area contributed by atoms with Crippen LogP contribution in [0.1, 0.15) is 27.0 Å². The van der Waals surface area contributed by atoms with Crippen LogP contribution in [0.15, 0.2) is 12.1 Å². The van der Waals surface area contributed by atoms with E-state index in [4.69, 9.17) is 22.9 Å². The summed E-state index contributed by atoms with van der Waals surface area (Å²) < 4.78 is 76.7. The van der Waals surface area contributed by atoms with Gasteiger partial charge in [0.25, 0.3) is 20.2 Å². The third-order valence-corrected chi connectivity index (χ3v) is 8.43. The van der Waals surface area contributed by atoms with E-state index in [0.717, 1.165) is 11.1 Å². The quantitative estimate of drug-likeness (QED) is 0.326. The summed E-state index contributed by atoms with van der Waals surface area (Å²) in [5, 5.41) is -1.35. The van der Waals surface area contributed by atoms with E-state index in [1.807, 2.05) is 19.9 Å². The predicted octanol–water partition coefficient (Wildman–Crippen LogP) is 0.0627. The Bertz CT molecular complexity index is 1190. The minimum absolute atomic E-state index is 0.301. The molecule has 3 fully saturated rings. The Kier molecular flexibility index (Phi) is 5.61. The minimum Gasteiger partial charge on any atom is -0.464 e. The second-order valence-electron chi connectivity index (χ2n) is 8.19. The van der Waals surface area contributed by atoms with Crippen molar-refractivity contribution < 1.29 is 49.4 Å². The lowest BCUT2D eigenvalue weighted by Gasteiger charge is -2.27. The van der Waals surface area contributed by atoms with Gasteiger partial charge in [0.2, 0.25) is 0 Å². The molecule has 0 aliphatic carbocycles. The summed E-state index contributed by atoms with van der Waals surface area (Å²) in [7, 11) is -8.60. The van der Waals surface area contributed by atoms with Crippen LogP contribution in [0.4, 0.5) is 0 Å². The molecule has 0 amide bonds. The molecule has 1 aromatic rings. The highest BCUT2D eigenvalue weighted by Crippen LogP contribution is 2.51. The molecule has 0 saturated carbocycles. The molecular weight excluding hydrogens is 468 g/mol. The number of benzene rings is 1. The Morgan fingerprint density at radius 1 is 1.12 bits per heavy atom. The minimum atomic E-state index is -4.38. The number of aryl methyl sites for hydroxylation is 2. The van der Waals surface area contributed by atoms with Crippen LogP contribution in [-0.4, -0.2) is 75.4 Å². The fourth-order valence-electron chi connectivity index (χ4n) is 4.51. The molecule has 3 aliphatic heterocycles. The molecular formula is C19H22O11S2. The number of fused-ring (bicyclic) bond motifs is 1. The van der Waals surface area contributed by atoms with Crippen LogP contribution in [0.2, 0.25) is 0 Å². The molecule has 3 aliphatic rings. The molecule has 0 spiro atoms. The number of esters is 2. The summed E-state index contributed by atoms with van der Waals surface area (Å²) in [5.74, 6) is -3.97. The van der Waals surface area contributed by atoms with Crippen molar-refractivity contribution in [1.82, 2.24) is 0 Å². The molecule has 2 bridgehead atoms. The smallest absolute Gasteiger partial charge is 0.338 e. The van der Waals surface area contributed by atoms with Crippen LogP contribution in [0.5, 0.6) is 0 Å². The van der Waals surface area contributed by atoms with Crippen molar-refractivity contribution in [3.63, 3.8) is 0 Å². The number of hydrogen-bond donors (Lipinski definition) is 1. The molecule has 11 nitrogen and oxygen atoms in total. The topological polar surface area (TPSA) is 160 Å². The summed E-state index contributed by atoms with van der Waals surface area (Å²) >= 11 is 0. The highest BCUT2D eigenvalue weighted by Gasteiger charge is 2.73. The monoisotopic (exact) mass is 490 g/mol. The van der Waals surface area contributed by atoms with Gasteiger partial charge in [0.05, 0.1) is 5.56 Å². The van der Waals surface area contributed by atoms with Crippen molar-refractivity contribution in [3.05, 3.63) is 34.4 Å². The molecule has 176 valence electrons. The van der Waals surface area contributed by atoms with E-state index >= 15 is 0 Å². The maximum absolute atomic E-state index is 12.9. The van der Waals surface area contributed by atoms with E-state index in [1.54, 1.807) is 13.0 Å². The maximum atomic E-state index is 12.9. The van der Waals surface area contributed by atoms with Gasteiger partial charge in [-0.3, -0.25) is 13.5 Å². The van der Waals surface area contributed by atoms with Crippen LogP contribution in [0.3, 0.4) is 0 Å². The van der Waals surface area contributed by atoms with Crippen molar-refractivity contribution in [2.75, 3.05) is 12.4 Å². The van der Waals surface area contributed by atoms with Gasteiger partial charge in [-0.25, -0.2) is 4.79 Å². The van der Waals surface area contributed by atoms with Gasteiger partial charge in [-0.2, -0.15) is 16.8 Å². The molecule has 4 rings (SSSR count). The normalized spacial score (nSPS) is 32.1. The predicted molar refractivity (Wildman–Crippen MR) is 107 cm³/mol. The van der Waals surface area contributed by atoms with E-state index in [2.05, 4.69) is 0 Å². The first kappa shape index (κ1) is 23.1. The average molecular weight is 491 g/mol. The Hall–Kier alpha value is -2.06. The zero-order chi connectivity index (χ0) is 23.6. The Labute approximate surface area is 184 Å². The molecule has 3 heterocycles. The van der Waals surface area contributed by atoms with Gasteiger partial charge in [0.1, 0.15) is 41.8 Å². The lowest BCUT2D eigenvalue weighted by atomic mass is 9.84. The van der Waals surface area contributed by atoms with E-state index in [0.29, 0.717) is 11.1 Å². The van der Waals surface area contributed by atoms with Crippen molar-refractivity contribution in [3.8, 4) is 0 Å². The summed E-state index contributed by atoms with van der Waals surface area (Å²) in [6, 6.07) is 3.55. The van der Waals surface area contributed by atoms with E-state index in [1.165, 1.54) is 0 Å². The zero-order valence-electron chi connectivity index (χ0n) is 17.4. The lowest BCUT2D eigenvalue weighted by molar-refractivity contribution is -0.151. The molecule has 6 atom stereocenters. The Balaban J connectivity index is 1.57. The van der Waals surface area contributed by atoms with Gasteiger partial charge < -0.3 is 14.2 Å². The van der Waals surface area contributed by atoms with Crippen LogP contribution >= 0.6 is 0 Å². The largest absolute Gasteiger partial charge is 0.464 e. The van der Waals surface area contributed by atoms with Gasteiger partial charge in [0.15, 0.2) is 6.10 Å². The number of carbonyl (C=O) groups excluding carboxylic acids is 2. The second-order valence-corrected chi connectivity index (χ2v) is 11.5. The summed E-state index contributed by atoms with van der Waals surface area (Å²) in [5.41, 5.74) is 2.71. The van der Waals surface area contributed by atoms with E-state index in [9.17, 15) is 26.4 Å². The number of ether oxygens (including phenoxy) is 3. The standard InChI is InChI=1S/C19H22O11S2/c1-8-6-9(2)10(3)11(7-8)18(20)29-14-13-12(19(21)27-4-5-31(22,23)24)17-16(28-13)15(14)30-32(17,25)26/h6-7,12-17H,4-5H2,1-3H3,(H,22,23,24). The van der Waals surface area contributed by atoms with Crippen molar-refractivity contribution in [2.45, 2.75) is 50.4 Å². The van der Waals surface area contributed by atoms with Gasteiger partial charge in [-0.1, -0.05) is 6.07 Å². The molecule has 1 aromatic carbocycles. The highest BCUT2D eigenvalue weighted by molar-refractivity contribution is 7.87. The number of carbonyl (C=O) groups is 2. The first-order chi connectivity index (χ1) is 14.8. The van der Waals surface area contributed by atoms with Crippen LogP contribution in [0, 0.1) is 26.7 Å².